The molecule has 4 rings (SSSR count). The number of methoxy groups -OCH3 is 1. The number of hydrogen-bond acceptors (Lipinski definition) is 5. The molecule has 0 saturated heterocycles. The zero-order valence-corrected chi connectivity index (χ0v) is 28.1. The lowest BCUT2D eigenvalue weighted by molar-refractivity contribution is -0.140. The number of nitrogens with one attached hydrogen (secondary N) is 1. The summed E-state index contributed by atoms with van der Waals surface area (Å²) in [5.74, 6) is -0.486. The van der Waals surface area contributed by atoms with Gasteiger partial charge < -0.3 is 15.0 Å². The molecule has 4 aromatic rings. The van der Waals surface area contributed by atoms with Crippen LogP contribution in [0, 0.1) is 12.8 Å². The van der Waals surface area contributed by atoms with Crippen LogP contribution in [-0.2, 0) is 32.6 Å². The van der Waals surface area contributed by atoms with Gasteiger partial charge in [0.2, 0.25) is 11.8 Å². The lowest BCUT2D eigenvalue weighted by Gasteiger charge is -2.34. The number of sulfonamides is 1. The van der Waals surface area contributed by atoms with Gasteiger partial charge in [0.05, 0.1) is 17.7 Å². The Morgan fingerprint density at radius 3 is 2.11 bits per heavy atom. The highest BCUT2D eigenvalue weighted by Crippen LogP contribution is 2.35. The minimum atomic E-state index is -4.29. The van der Waals surface area contributed by atoms with Gasteiger partial charge in [0.25, 0.3) is 10.0 Å². The fraction of sp³-hybridized carbons (Fsp3) is 0.278. The molecule has 0 saturated carbocycles. The summed E-state index contributed by atoms with van der Waals surface area (Å²) in [6.45, 7) is 5.85. The molecule has 1 N–H and O–H groups in total. The molecule has 0 aliphatic carbocycles. The molecular weight excluding hydrogens is 622 g/mol. The summed E-state index contributed by atoms with van der Waals surface area (Å²) in [5, 5.41) is 3.26. The molecule has 0 radical (unpaired) electrons. The van der Waals surface area contributed by atoms with Crippen molar-refractivity contribution in [1.29, 1.82) is 0 Å². The van der Waals surface area contributed by atoms with Crippen LogP contribution in [0.1, 0.15) is 30.5 Å². The predicted octanol–water partition coefficient (Wildman–Crippen LogP) is 6.26. The molecule has 8 nitrogen and oxygen atoms in total. The summed E-state index contributed by atoms with van der Waals surface area (Å²) in [7, 11) is -2.87. The van der Waals surface area contributed by atoms with Gasteiger partial charge in [-0.2, -0.15) is 0 Å². The van der Waals surface area contributed by atoms with Gasteiger partial charge in [-0.3, -0.25) is 13.9 Å². The molecular formula is C36H40ClN3O5S. The minimum absolute atomic E-state index is 0.00887. The highest BCUT2D eigenvalue weighted by Gasteiger charge is 2.35. The number of hydrogen-bond donors (Lipinski definition) is 1. The smallest absolute Gasteiger partial charge is 0.264 e. The zero-order valence-electron chi connectivity index (χ0n) is 26.5. The third-order valence-electron chi connectivity index (χ3n) is 7.45. The Morgan fingerprint density at radius 2 is 1.50 bits per heavy atom. The summed E-state index contributed by atoms with van der Waals surface area (Å²) in [5.41, 5.74) is 2.81. The number of anilines is 1. The van der Waals surface area contributed by atoms with E-state index >= 15 is 0 Å². The SMILES string of the molecule is COc1ccc(Cl)cc1N(CC(=O)N(Cc1ccc(C)cc1)[C@H](Cc1ccccc1)C(=O)NCC(C)C)S(=O)(=O)c1ccccc1. The Hall–Kier alpha value is -4.34. The molecule has 4 aromatic carbocycles. The molecule has 0 spiro atoms. The highest BCUT2D eigenvalue weighted by atomic mass is 35.5. The van der Waals surface area contributed by atoms with Crippen LogP contribution in [0.5, 0.6) is 5.75 Å². The lowest BCUT2D eigenvalue weighted by atomic mass is 10.0. The lowest BCUT2D eigenvalue weighted by Crippen LogP contribution is -2.53. The van der Waals surface area contributed by atoms with Crippen LogP contribution in [0.2, 0.25) is 5.02 Å². The maximum absolute atomic E-state index is 14.6. The monoisotopic (exact) mass is 661 g/mol. The number of amides is 2. The number of carbonyl (C=O) groups is 2. The average molecular weight is 662 g/mol. The van der Waals surface area contributed by atoms with Gasteiger partial charge in [0.15, 0.2) is 0 Å². The van der Waals surface area contributed by atoms with Crippen molar-refractivity contribution in [3.8, 4) is 5.75 Å². The Morgan fingerprint density at radius 1 is 0.870 bits per heavy atom. The Bertz CT molecular complexity index is 1720. The van der Waals surface area contributed by atoms with E-state index in [1.54, 1.807) is 30.3 Å². The number of halogens is 1. The number of rotatable bonds is 14. The quantitative estimate of drug-likeness (QED) is 0.172. The van der Waals surface area contributed by atoms with E-state index in [9.17, 15) is 18.0 Å². The van der Waals surface area contributed by atoms with Gasteiger partial charge in [-0.05, 0) is 54.3 Å². The summed E-state index contributed by atoms with van der Waals surface area (Å²) >= 11 is 6.35. The molecule has 0 fully saturated rings. The van der Waals surface area contributed by atoms with Crippen LogP contribution in [-0.4, -0.2) is 51.4 Å². The Balaban J connectivity index is 1.83. The first-order valence-electron chi connectivity index (χ1n) is 15.1. The van der Waals surface area contributed by atoms with Gasteiger partial charge in [-0.15, -0.1) is 0 Å². The number of aryl methyl sites for hydroxylation is 1. The van der Waals surface area contributed by atoms with Crippen LogP contribution in [0.3, 0.4) is 0 Å². The third kappa shape index (κ3) is 8.89. The summed E-state index contributed by atoms with van der Waals surface area (Å²) in [4.78, 5) is 29.9. The summed E-state index contributed by atoms with van der Waals surface area (Å²) < 4.78 is 35.0. The fourth-order valence-corrected chi connectivity index (χ4v) is 6.56. The molecule has 0 bridgehead atoms. The van der Waals surface area contributed by atoms with Gasteiger partial charge >= 0.3 is 0 Å². The van der Waals surface area contributed by atoms with E-state index in [1.165, 1.54) is 30.2 Å². The van der Waals surface area contributed by atoms with E-state index in [4.69, 9.17) is 16.3 Å². The second kappa shape index (κ2) is 15.8. The topological polar surface area (TPSA) is 96.0 Å². The first-order chi connectivity index (χ1) is 22.0. The fourth-order valence-electron chi connectivity index (χ4n) is 4.96. The number of benzene rings is 4. The standard InChI is InChI=1S/C36H40ClN3O5S/c1-26(2)23-38-36(42)33(21-28-11-7-5-8-12-28)39(24-29-17-15-27(3)16-18-29)35(41)25-40(32-22-30(37)19-20-34(32)45-4)46(43,44)31-13-9-6-10-14-31/h5-20,22,26,33H,21,23-25H2,1-4H3,(H,38,42)/t33-/m1/s1. The first-order valence-corrected chi connectivity index (χ1v) is 16.9. The van der Waals surface area contributed by atoms with Crippen molar-refractivity contribution in [3.05, 3.63) is 125 Å². The number of ether oxygens (including phenoxy) is 1. The Labute approximate surface area is 277 Å². The van der Waals surface area contributed by atoms with Crippen LogP contribution in [0.4, 0.5) is 5.69 Å². The molecule has 0 aliphatic heterocycles. The van der Waals surface area contributed by atoms with Crippen molar-refractivity contribution in [2.75, 3.05) is 24.5 Å². The van der Waals surface area contributed by atoms with E-state index < -0.39 is 28.5 Å². The van der Waals surface area contributed by atoms with E-state index in [0.717, 1.165) is 21.0 Å². The molecule has 0 heterocycles. The Kier molecular flexibility index (Phi) is 11.8. The second-order valence-corrected chi connectivity index (χ2v) is 13.8. The first kappa shape index (κ1) is 34.5. The van der Waals surface area contributed by atoms with E-state index in [-0.39, 0.29) is 46.1 Å². The molecule has 10 heteroatoms. The van der Waals surface area contributed by atoms with Crippen LogP contribution >= 0.6 is 11.6 Å². The van der Waals surface area contributed by atoms with E-state index in [0.29, 0.717) is 6.54 Å². The van der Waals surface area contributed by atoms with Crippen molar-refractivity contribution in [3.63, 3.8) is 0 Å². The second-order valence-electron chi connectivity index (χ2n) is 11.5. The normalized spacial score (nSPS) is 12.0. The third-order valence-corrected chi connectivity index (χ3v) is 9.46. The summed E-state index contributed by atoms with van der Waals surface area (Å²) in [6.07, 6.45) is 0.230. The molecule has 2 amide bonds. The minimum Gasteiger partial charge on any atom is -0.495 e. The maximum atomic E-state index is 14.6. The van der Waals surface area contributed by atoms with Gasteiger partial charge in [-0.25, -0.2) is 8.42 Å². The van der Waals surface area contributed by atoms with Crippen molar-refractivity contribution in [2.45, 2.75) is 44.7 Å². The highest BCUT2D eigenvalue weighted by molar-refractivity contribution is 7.92. The summed E-state index contributed by atoms with van der Waals surface area (Å²) in [6, 6.07) is 28.6. The molecule has 0 aromatic heterocycles. The molecule has 0 aliphatic rings. The molecule has 46 heavy (non-hydrogen) atoms. The largest absolute Gasteiger partial charge is 0.495 e. The van der Waals surface area contributed by atoms with Gasteiger partial charge in [0, 0.05) is 24.5 Å². The zero-order chi connectivity index (χ0) is 33.3. The van der Waals surface area contributed by atoms with Crippen molar-refractivity contribution in [1.82, 2.24) is 10.2 Å². The van der Waals surface area contributed by atoms with Crippen molar-refractivity contribution >= 4 is 39.1 Å². The number of carbonyl (C=O) groups excluding carboxylic acids is 2. The predicted molar refractivity (Wildman–Crippen MR) is 182 cm³/mol. The van der Waals surface area contributed by atoms with Gasteiger partial charge in [-0.1, -0.05) is 104 Å². The van der Waals surface area contributed by atoms with Crippen LogP contribution in [0.15, 0.2) is 108 Å². The average Bonchev–Trinajstić information content (AvgIpc) is 3.05. The van der Waals surface area contributed by atoms with Crippen LogP contribution in [0.25, 0.3) is 0 Å². The number of nitrogens with zero attached hydrogens (tertiary/aromatic N) is 2. The van der Waals surface area contributed by atoms with Gasteiger partial charge in [0.1, 0.15) is 18.3 Å². The molecule has 1 atom stereocenters. The van der Waals surface area contributed by atoms with Crippen LogP contribution < -0.4 is 14.4 Å². The van der Waals surface area contributed by atoms with Crippen molar-refractivity contribution in [2.24, 2.45) is 5.92 Å². The molecule has 242 valence electrons. The molecule has 0 unspecified atom stereocenters. The van der Waals surface area contributed by atoms with E-state index in [2.05, 4.69) is 5.32 Å². The maximum Gasteiger partial charge on any atom is 0.264 e. The van der Waals surface area contributed by atoms with E-state index in [1.807, 2.05) is 75.4 Å². The van der Waals surface area contributed by atoms with Crippen molar-refractivity contribution < 1.29 is 22.7 Å².